The zero-order valence-electron chi connectivity index (χ0n) is 7.32. The van der Waals surface area contributed by atoms with Gasteiger partial charge < -0.3 is 28.9 Å². The predicted molar refractivity (Wildman–Crippen MR) is 36.0 cm³/mol. The van der Waals surface area contributed by atoms with E-state index < -0.39 is 12.9 Å². The molecule has 68 valence electrons. The van der Waals surface area contributed by atoms with Crippen LogP contribution in [-0.4, -0.2) is 62.7 Å². The van der Waals surface area contributed by atoms with Crippen molar-refractivity contribution in [3.05, 3.63) is 10.1 Å². The zero-order valence-corrected chi connectivity index (χ0v) is 8.43. The van der Waals surface area contributed by atoms with Crippen LogP contribution in [0.25, 0.3) is 0 Å². The molecule has 0 saturated carbocycles. The topological polar surface area (TPSA) is 176 Å². The van der Waals surface area contributed by atoms with E-state index in [1.54, 1.807) is 0 Å². The van der Waals surface area contributed by atoms with E-state index in [1.165, 1.54) is 0 Å². The Morgan fingerprint density at radius 1 is 1.36 bits per heavy atom. The Morgan fingerprint density at radius 3 is 1.36 bits per heavy atom. The monoisotopic (exact) mass is 220 g/mol. The maximum absolute atomic E-state index is 8.88. The van der Waals surface area contributed by atoms with Crippen LogP contribution >= 0.6 is 7.82 Å². The van der Waals surface area contributed by atoms with E-state index in [9.17, 15) is 0 Å². The number of phosphoric acid groups is 1. The molecule has 0 saturated heterocycles. The molecule has 0 bridgehead atoms. The van der Waals surface area contributed by atoms with E-state index in [4.69, 9.17) is 34.6 Å². The van der Waals surface area contributed by atoms with Crippen molar-refractivity contribution in [3.8, 4) is 0 Å². The molecule has 0 spiro atoms. The molecule has 0 radical (unpaired) electrons. The average Bonchev–Trinajstić information content (AvgIpc) is 1.19. The summed E-state index contributed by atoms with van der Waals surface area (Å²) in [4.78, 5) is 29.9. The van der Waals surface area contributed by atoms with Gasteiger partial charge in [-0.2, -0.15) is 0 Å². The van der Waals surface area contributed by atoms with Gasteiger partial charge in [0.05, 0.1) is 0 Å². The number of hydrogen-bond donors (Lipinski definition) is 5. The molecule has 0 aromatic rings. The van der Waals surface area contributed by atoms with E-state index in [0.717, 1.165) is 0 Å². The van der Waals surface area contributed by atoms with E-state index in [-0.39, 0.29) is 46.7 Å². The zero-order chi connectivity index (χ0) is 8.08. The van der Waals surface area contributed by atoms with Gasteiger partial charge in [-0.1, -0.05) is 0 Å². The Hall–Kier alpha value is 0.530. The van der Waals surface area contributed by atoms with E-state index in [2.05, 4.69) is 0 Å². The summed E-state index contributed by atoms with van der Waals surface area (Å²) in [5.41, 5.74) is 0. The predicted octanol–water partition coefficient (Wildman–Crippen LogP) is -1.27. The van der Waals surface area contributed by atoms with Crippen LogP contribution in [0.15, 0.2) is 0 Å². The fourth-order valence-electron chi connectivity index (χ4n) is 0. The fourth-order valence-corrected chi connectivity index (χ4v) is 0. The summed E-state index contributed by atoms with van der Waals surface area (Å²) in [6.07, 6.45) is 0. The molecule has 0 heterocycles. The normalized spacial score (nSPS) is 7.55. The summed E-state index contributed by atoms with van der Waals surface area (Å²) in [7, 11) is -4.64. The van der Waals surface area contributed by atoms with Gasteiger partial charge in [0.2, 0.25) is 0 Å². The molecule has 7 N–H and O–H groups in total. The number of hydrogen-bond acceptors (Lipinski definition) is 4. The molecule has 0 aromatic heterocycles. The van der Waals surface area contributed by atoms with Crippen LogP contribution in [0.3, 0.4) is 0 Å². The first-order valence-electron chi connectivity index (χ1n) is 1.35. The Kier molecular flexibility index (Phi) is 21.6. The molecule has 0 fully saturated rings. The maximum atomic E-state index is 8.88. The molecule has 11 heavy (non-hydrogen) atoms. The Bertz CT molecular complexity index is 124. The molecule has 0 rings (SSSR count). The number of rotatable bonds is 0. The molecule has 11 heteroatoms. The van der Waals surface area contributed by atoms with Crippen LogP contribution < -0.4 is 6.15 Å². The van der Waals surface area contributed by atoms with Gasteiger partial charge in [-0.3, -0.25) is 0 Å². The van der Waals surface area contributed by atoms with Gasteiger partial charge in [-0.15, -0.1) is 10.1 Å². The van der Waals surface area contributed by atoms with Gasteiger partial charge in [-0.05, 0) is 0 Å². The quantitative estimate of drug-likeness (QED) is 0.145. The van der Waals surface area contributed by atoms with Gasteiger partial charge >= 0.3 is 45.6 Å². The third-order valence-corrected chi connectivity index (χ3v) is 0. The van der Waals surface area contributed by atoms with Crippen molar-refractivity contribution < 1.29 is 32.4 Å². The molecule has 0 aliphatic rings. The van der Waals surface area contributed by atoms with Crippen LogP contribution in [0.2, 0.25) is 0 Å². The molecule has 0 aromatic carbocycles. The minimum absolute atomic E-state index is 0. The SMILES string of the molecule is N.O=P(O)(O)O.O=[N+]([O-])O.[Ca+2].[H-].[H-]. The molecule has 0 amide bonds. The first-order valence-corrected chi connectivity index (χ1v) is 2.91. The van der Waals surface area contributed by atoms with Crippen LogP contribution in [0.1, 0.15) is 2.85 Å². The van der Waals surface area contributed by atoms with Crippen molar-refractivity contribution in [1.29, 1.82) is 0 Å². The van der Waals surface area contributed by atoms with Crippen LogP contribution in [0, 0.1) is 10.1 Å². The van der Waals surface area contributed by atoms with E-state index in [0.29, 0.717) is 0 Å². The van der Waals surface area contributed by atoms with Gasteiger partial charge in [0, 0.05) is 0 Å². The second-order valence-corrected chi connectivity index (χ2v) is 1.78. The van der Waals surface area contributed by atoms with Crippen LogP contribution in [-0.2, 0) is 4.57 Å². The second kappa shape index (κ2) is 10.5. The van der Waals surface area contributed by atoms with Crippen LogP contribution in [0.5, 0.6) is 0 Å². The summed E-state index contributed by atoms with van der Waals surface area (Å²) in [5, 5.41) is 13.6. The molecule has 0 unspecified atom stereocenters. The van der Waals surface area contributed by atoms with Crippen LogP contribution in [0.4, 0.5) is 0 Å². The van der Waals surface area contributed by atoms with Crippen molar-refractivity contribution in [2.45, 2.75) is 0 Å². The third-order valence-electron chi connectivity index (χ3n) is 0. The van der Waals surface area contributed by atoms with E-state index in [1.807, 2.05) is 0 Å². The summed E-state index contributed by atoms with van der Waals surface area (Å²) in [6, 6.07) is 0. The van der Waals surface area contributed by atoms with E-state index >= 15 is 0 Å². The standard InChI is InChI=1S/Ca.HNO3.H3N.H3O4P.2H/c;2-1(3)4;;1-5(2,3)4;;/h;(H,2,3,4);1H3;(H3,1,2,3,4);;/q+2;;;;2*-1. The minimum atomic E-state index is -4.64. The van der Waals surface area contributed by atoms with Crippen molar-refractivity contribution in [2.24, 2.45) is 0 Å². The summed E-state index contributed by atoms with van der Waals surface area (Å²) >= 11 is 0. The van der Waals surface area contributed by atoms with Crippen molar-refractivity contribution >= 4 is 45.6 Å². The van der Waals surface area contributed by atoms with Crippen molar-refractivity contribution in [1.82, 2.24) is 6.15 Å². The molecule has 0 aliphatic heterocycles. The fraction of sp³-hybridized carbons (Fsp3) is 0. The Labute approximate surface area is 93.9 Å². The first kappa shape index (κ1) is 22.5. The molecule has 9 nitrogen and oxygen atoms in total. The molecule has 0 atom stereocenters. The number of nitrogens with zero attached hydrogens (tertiary/aromatic N) is 1. The van der Waals surface area contributed by atoms with Gasteiger partial charge in [0.15, 0.2) is 0 Å². The largest absolute Gasteiger partial charge is 2.00 e. The molecule has 0 aliphatic carbocycles. The smallest absolute Gasteiger partial charge is 1.00 e. The van der Waals surface area contributed by atoms with Gasteiger partial charge in [0.1, 0.15) is 0 Å². The second-order valence-electron chi connectivity index (χ2n) is 0.751. The molecular formula is H9CaN2O7P. The first-order chi connectivity index (χ1) is 3.73. The minimum Gasteiger partial charge on any atom is -1.00 e. The summed E-state index contributed by atoms with van der Waals surface area (Å²) < 4.78 is 8.88. The summed E-state index contributed by atoms with van der Waals surface area (Å²) in [5.74, 6) is 0. The third kappa shape index (κ3) is 2730. The van der Waals surface area contributed by atoms with Crippen molar-refractivity contribution in [2.75, 3.05) is 0 Å². The Balaban J connectivity index is -0.0000000146. The van der Waals surface area contributed by atoms with Crippen molar-refractivity contribution in [3.63, 3.8) is 0 Å². The molecular weight excluding hydrogens is 211 g/mol. The van der Waals surface area contributed by atoms with Gasteiger partial charge in [0.25, 0.3) is 5.09 Å². The average molecular weight is 220 g/mol. The summed E-state index contributed by atoms with van der Waals surface area (Å²) in [6.45, 7) is 0. The Morgan fingerprint density at radius 2 is 1.36 bits per heavy atom. The maximum Gasteiger partial charge on any atom is 2.00 e. The van der Waals surface area contributed by atoms with Gasteiger partial charge in [-0.25, -0.2) is 4.57 Å².